The topological polar surface area (TPSA) is 82.7 Å². The lowest BCUT2D eigenvalue weighted by molar-refractivity contribution is -0.858. The Morgan fingerprint density at radius 2 is 1.71 bits per heavy atom. The minimum absolute atomic E-state index is 0.00163. The van der Waals surface area contributed by atoms with Crippen LogP contribution in [-0.4, -0.2) is 53.6 Å². The molecule has 1 aliphatic rings. The van der Waals surface area contributed by atoms with Gasteiger partial charge in [-0.05, 0) is 31.5 Å². The van der Waals surface area contributed by atoms with Crippen LogP contribution in [0.5, 0.6) is 0 Å². The number of likely N-dealkylation sites (tertiary alicyclic amines) is 1. The normalized spacial score (nSPS) is 17.7. The summed E-state index contributed by atoms with van der Waals surface area (Å²) < 4.78 is 1.67. The Balaban J connectivity index is 1.80. The second kappa shape index (κ2) is 9.65. The average molecular weight is 459 g/mol. The molecule has 7 heteroatoms. The van der Waals surface area contributed by atoms with Gasteiger partial charge in [-0.15, -0.1) is 0 Å². The Morgan fingerprint density at radius 1 is 1.03 bits per heavy atom. The van der Waals surface area contributed by atoms with Crippen LogP contribution in [0.3, 0.4) is 0 Å². The van der Waals surface area contributed by atoms with Crippen molar-refractivity contribution in [2.45, 2.75) is 26.3 Å². The molecule has 2 heterocycles. The fourth-order valence-electron chi connectivity index (χ4n) is 4.41. The monoisotopic (exact) mass is 458 g/mol. The number of Topliss-reactive ketones (excluding diaryl/α,β-unsaturated/α-hetero) is 1. The third kappa shape index (κ3) is 4.39. The van der Waals surface area contributed by atoms with Gasteiger partial charge in [-0.1, -0.05) is 53.8 Å². The Labute approximate surface area is 199 Å². The average Bonchev–Trinajstić information content (AvgIpc) is 3.32. The number of nitrogens with one attached hydrogen (secondary N) is 1. The maximum atomic E-state index is 13.8. The summed E-state index contributed by atoms with van der Waals surface area (Å²) in [6.07, 6.45) is 2.22. The molecule has 2 aromatic carbocycles. The maximum absolute atomic E-state index is 13.8. The molecule has 4 rings (SSSR count). The second-order valence-electron chi connectivity index (χ2n) is 9.09. The number of aromatic nitrogens is 2. The lowest BCUT2D eigenvalue weighted by atomic mass is 9.95. The summed E-state index contributed by atoms with van der Waals surface area (Å²) in [5.74, 6) is -1.78. The molecule has 1 saturated heterocycles. The molecule has 1 N–H and O–H groups in total. The summed E-state index contributed by atoms with van der Waals surface area (Å²) in [5.41, 5.74) is 3.61. The van der Waals surface area contributed by atoms with Crippen LogP contribution in [0.25, 0.3) is 11.4 Å². The fourth-order valence-corrected chi connectivity index (χ4v) is 4.41. The van der Waals surface area contributed by atoms with Gasteiger partial charge in [-0.2, -0.15) is 5.10 Å². The van der Waals surface area contributed by atoms with Gasteiger partial charge >= 0.3 is 0 Å². The quantitative estimate of drug-likeness (QED) is 0.328. The standard InChI is InChI=1S/C27H30N4O3/c1-18-11-13-20(14-12-18)24-23(26(33)27(34)30(24)16-8-15-29(3)4)25(32)22-17-28-31(19(22)2)21-9-6-5-7-10-21/h5-7,9-14,17,24,32H,8,15-16H2,1-4H3. The van der Waals surface area contributed by atoms with Gasteiger partial charge in [0.15, 0.2) is 0 Å². The smallest absolute Gasteiger partial charge is 0.295 e. The van der Waals surface area contributed by atoms with Crippen molar-refractivity contribution in [2.24, 2.45) is 0 Å². The van der Waals surface area contributed by atoms with E-state index >= 15 is 0 Å². The molecule has 34 heavy (non-hydrogen) atoms. The molecule has 0 aliphatic carbocycles. The fraction of sp³-hybridized carbons (Fsp3) is 0.296. The van der Waals surface area contributed by atoms with E-state index in [1.54, 1.807) is 16.5 Å². The van der Waals surface area contributed by atoms with E-state index in [0.29, 0.717) is 17.8 Å². The van der Waals surface area contributed by atoms with Crippen LogP contribution >= 0.6 is 0 Å². The molecule has 1 fully saturated rings. The molecule has 0 radical (unpaired) electrons. The van der Waals surface area contributed by atoms with E-state index in [1.165, 1.54) is 11.1 Å². The lowest BCUT2D eigenvalue weighted by Crippen LogP contribution is -3.05. The lowest BCUT2D eigenvalue weighted by Gasteiger charge is -2.27. The van der Waals surface area contributed by atoms with Crippen molar-refractivity contribution in [1.29, 1.82) is 0 Å². The number of para-hydroxylation sites is 1. The highest BCUT2D eigenvalue weighted by Crippen LogP contribution is 2.39. The summed E-state index contributed by atoms with van der Waals surface area (Å²) in [7, 11) is 4.09. The van der Waals surface area contributed by atoms with Gasteiger partial charge in [-0.3, -0.25) is 9.59 Å². The van der Waals surface area contributed by atoms with Crippen LogP contribution in [0.15, 0.2) is 66.4 Å². The highest BCUT2D eigenvalue weighted by Gasteiger charge is 2.44. The van der Waals surface area contributed by atoms with Crippen molar-refractivity contribution in [3.05, 3.63) is 88.8 Å². The number of nitrogens with zero attached hydrogens (tertiary/aromatic N) is 3. The zero-order valence-electron chi connectivity index (χ0n) is 20.0. The van der Waals surface area contributed by atoms with E-state index in [4.69, 9.17) is 0 Å². The molecule has 0 saturated carbocycles. The van der Waals surface area contributed by atoms with Gasteiger partial charge < -0.3 is 14.9 Å². The van der Waals surface area contributed by atoms with Crippen molar-refractivity contribution in [3.8, 4) is 5.69 Å². The van der Waals surface area contributed by atoms with E-state index in [0.717, 1.165) is 29.8 Å². The van der Waals surface area contributed by atoms with Crippen molar-refractivity contribution < 1.29 is 19.6 Å². The van der Waals surface area contributed by atoms with E-state index in [9.17, 15) is 14.7 Å². The molecule has 0 spiro atoms. The first-order chi connectivity index (χ1) is 16.3. The zero-order valence-corrected chi connectivity index (χ0v) is 20.0. The predicted molar refractivity (Wildman–Crippen MR) is 128 cm³/mol. The second-order valence-corrected chi connectivity index (χ2v) is 9.09. The minimum Gasteiger partial charge on any atom is -0.872 e. The molecule has 176 valence electrons. The number of benzene rings is 2. The Hall–Kier alpha value is -3.71. The first kappa shape index (κ1) is 23.4. The van der Waals surface area contributed by atoms with Crippen LogP contribution in [0.4, 0.5) is 0 Å². The zero-order chi connectivity index (χ0) is 24.4. The number of aryl methyl sites for hydroxylation is 1. The van der Waals surface area contributed by atoms with Gasteiger partial charge in [0, 0.05) is 29.8 Å². The minimum atomic E-state index is -0.723. The van der Waals surface area contributed by atoms with Crippen molar-refractivity contribution in [1.82, 2.24) is 14.7 Å². The largest absolute Gasteiger partial charge is 0.872 e. The highest BCUT2D eigenvalue weighted by molar-refractivity contribution is 6.46. The molecule has 3 aromatic rings. The molecular formula is C27H30N4O3. The molecule has 1 aromatic heterocycles. The molecule has 1 amide bonds. The van der Waals surface area contributed by atoms with Gasteiger partial charge in [0.2, 0.25) is 5.78 Å². The van der Waals surface area contributed by atoms with E-state index < -0.39 is 23.5 Å². The third-order valence-corrected chi connectivity index (χ3v) is 6.25. The summed E-state index contributed by atoms with van der Waals surface area (Å²) in [6.45, 7) is 5.04. The highest BCUT2D eigenvalue weighted by atomic mass is 16.3. The van der Waals surface area contributed by atoms with Gasteiger partial charge in [0.25, 0.3) is 5.91 Å². The first-order valence-electron chi connectivity index (χ1n) is 11.5. The van der Waals surface area contributed by atoms with Crippen LogP contribution in [0, 0.1) is 13.8 Å². The summed E-state index contributed by atoms with van der Waals surface area (Å²) >= 11 is 0. The van der Waals surface area contributed by atoms with Crippen LogP contribution in [-0.2, 0) is 9.59 Å². The molecule has 0 bridgehead atoms. The van der Waals surface area contributed by atoms with Crippen molar-refractivity contribution in [2.75, 3.05) is 27.2 Å². The van der Waals surface area contributed by atoms with E-state index in [1.807, 2.05) is 75.6 Å². The molecule has 1 atom stereocenters. The van der Waals surface area contributed by atoms with Crippen LogP contribution in [0.2, 0.25) is 0 Å². The molecule has 7 nitrogen and oxygen atoms in total. The number of hydrogen-bond acceptors (Lipinski definition) is 4. The van der Waals surface area contributed by atoms with Gasteiger partial charge in [-0.25, -0.2) is 4.68 Å². The SMILES string of the molecule is Cc1ccc(C2C(=C([O-])c3cnn(-c4ccccc4)c3C)C(=O)C(=O)N2CCC[NH+](C)C)cc1. The molecule has 1 unspecified atom stereocenters. The number of hydrogen-bond donors (Lipinski definition) is 1. The first-order valence-corrected chi connectivity index (χ1v) is 11.5. The number of amides is 1. The predicted octanol–water partition coefficient (Wildman–Crippen LogP) is 1.25. The van der Waals surface area contributed by atoms with E-state index in [-0.39, 0.29) is 5.57 Å². The van der Waals surface area contributed by atoms with Crippen LogP contribution < -0.4 is 10.0 Å². The maximum Gasteiger partial charge on any atom is 0.295 e. The summed E-state index contributed by atoms with van der Waals surface area (Å²) in [4.78, 5) is 29.1. The van der Waals surface area contributed by atoms with Gasteiger partial charge in [0.1, 0.15) is 0 Å². The van der Waals surface area contributed by atoms with Crippen molar-refractivity contribution >= 4 is 17.4 Å². The number of carbonyl (C=O) groups is 2. The summed E-state index contributed by atoms with van der Waals surface area (Å²) in [6, 6.07) is 16.4. The van der Waals surface area contributed by atoms with Gasteiger partial charge in [0.05, 0.1) is 38.6 Å². The Kier molecular flexibility index (Phi) is 6.65. The number of carbonyl (C=O) groups excluding carboxylic acids is 2. The number of ketones is 1. The number of rotatable bonds is 7. The number of quaternary nitrogens is 1. The molecule has 1 aliphatic heterocycles. The molecular weight excluding hydrogens is 428 g/mol. The Morgan fingerprint density at radius 3 is 2.35 bits per heavy atom. The van der Waals surface area contributed by atoms with Crippen LogP contribution in [0.1, 0.15) is 34.8 Å². The summed E-state index contributed by atoms with van der Waals surface area (Å²) in [5, 5.41) is 18.1. The third-order valence-electron chi connectivity index (χ3n) is 6.25. The van der Waals surface area contributed by atoms with E-state index in [2.05, 4.69) is 5.10 Å². The Bertz CT molecular complexity index is 1230. The van der Waals surface area contributed by atoms with Crippen molar-refractivity contribution in [3.63, 3.8) is 0 Å².